The maximum Gasteiger partial charge on any atom is 0.238 e. The number of nitrogens with one attached hydrogen (secondary N) is 1. The van der Waals surface area contributed by atoms with Crippen molar-refractivity contribution in [1.82, 2.24) is 5.32 Å². The van der Waals surface area contributed by atoms with Gasteiger partial charge < -0.3 is 14.8 Å². The molecule has 0 aliphatic rings. The zero-order valence-electron chi connectivity index (χ0n) is 16.9. The van der Waals surface area contributed by atoms with Crippen LogP contribution in [0, 0.1) is 0 Å². The monoisotopic (exact) mass is 426 g/mol. The highest BCUT2D eigenvalue weighted by Gasteiger charge is 2.11. The van der Waals surface area contributed by atoms with Crippen molar-refractivity contribution in [3.63, 3.8) is 0 Å². The SMILES string of the molecule is COc1cccc(CNCCc2ccc(S(N)(=O)=O)cc2)c1OCc1ccccc1. The van der Waals surface area contributed by atoms with E-state index in [0.29, 0.717) is 18.9 Å². The zero-order valence-corrected chi connectivity index (χ0v) is 17.7. The van der Waals surface area contributed by atoms with Crippen LogP contribution in [0.15, 0.2) is 77.7 Å². The van der Waals surface area contributed by atoms with Crippen LogP contribution in [0.25, 0.3) is 0 Å². The van der Waals surface area contributed by atoms with Gasteiger partial charge in [0, 0.05) is 12.1 Å². The summed E-state index contributed by atoms with van der Waals surface area (Å²) in [6, 6.07) is 22.4. The second-order valence-corrected chi connectivity index (χ2v) is 8.40. The molecule has 0 spiro atoms. The van der Waals surface area contributed by atoms with E-state index in [1.165, 1.54) is 12.1 Å². The minimum Gasteiger partial charge on any atom is -0.493 e. The van der Waals surface area contributed by atoms with E-state index in [2.05, 4.69) is 5.32 Å². The lowest BCUT2D eigenvalue weighted by molar-refractivity contribution is 0.280. The van der Waals surface area contributed by atoms with Crippen molar-refractivity contribution < 1.29 is 17.9 Å². The highest BCUT2D eigenvalue weighted by atomic mass is 32.2. The first-order valence-electron chi connectivity index (χ1n) is 9.62. The number of primary sulfonamides is 1. The molecule has 0 atom stereocenters. The van der Waals surface area contributed by atoms with Crippen molar-refractivity contribution in [2.75, 3.05) is 13.7 Å². The van der Waals surface area contributed by atoms with Gasteiger partial charge in [0.15, 0.2) is 11.5 Å². The quantitative estimate of drug-likeness (QED) is 0.486. The van der Waals surface area contributed by atoms with Crippen molar-refractivity contribution in [2.24, 2.45) is 5.14 Å². The zero-order chi connectivity index (χ0) is 21.4. The number of benzene rings is 3. The van der Waals surface area contributed by atoms with Gasteiger partial charge in [-0.1, -0.05) is 54.6 Å². The number of para-hydroxylation sites is 1. The van der Waals surface area contributed by atoms with E-state index in [1.807, 2.05) is 48.5 Å². The Bertz CT molecular complexity index is 1050. The molecule has 158 valence electrons. The standard InChI is InChI=1S/C23H26N2O4S/c1-28-22-9-5-8-20(23(22)29-17-19-6-3-2-4-7-19)16-25-15-14-18-10-12-21(13-11-18)30(24,26)27/h2-13,25H,14-17H2,1H3,(H2,24,26,27). The summed E-state index contributed by atoms with van der Waals surface area (Å²) in [6.45, 7) is 1.81. The van der Waals surface area contributed by atoms with Gasteiger partial charge in [0.05, 0.1) is 12.0 Å². The van der Waals surface area contributed by atoms with Gasteiger partial charge in [0.25, 0.3) is 0 Å². The number of nitrogens with two attached hydrogens (primary N) is 1. The van der Waals surface area contributed by atoms with Crippen molar-refractivity contribution in [1.29, 1.82) is 0 Å². The van der Waals surface area contributed by atoms with E-state index >= 15 is 0 Å². The molecule has 0 amide bonds. The molecule has 0 aliphatic carbocycles. The molecular formula is C23H26N2O4S. The fourth-order valence-corrected chi connectivity index (χ4v) is 3.57. The number of hydrogen-bond donors (Lipinski definition) is 2. The second kappa shape index (κ2) is 10.2. The van der Waals surface area contributed by atoms with E-state index in [9.17, 15) is 8.42 Å². The number of hydrogen-bond acceptors (Lipinski definition) is 5. The Hall–Kier alpha value is -2.87. The molecule has 0 heterocycles. The molecule has 30 heavy (non-hydrogen) atoms. The van der Waals surface area contributed by atoms with Crippen molar-refractivity contribution in [3.8, 4) is 11.5 Å². The van der Waals surface area contributed by atoms with Crippen molar-refractivity contribution in [3.05, 3.63) is 89.5 Å². The van der Waals surface area contributed by atoms with Gasteiger partial charge >= 0.3 is 0 Å². The van der Waals surface area contributed by atoms with Crippen molar-refractivity contribution in [2.45, 2.75) is 24.5 Å². The Labute approximate surface area is 177 Å². The Balaban J connectivity index is 1.58. The summed E-state index contributed by atoms with van der Waals surface area (Å²) in [4.78, 5) is 0.121. The van der Waals surface area contributed by atoms with Gasteiger partial charge in [0.1, 0.15) is 6.61 Å². The lowest BCUT2D eigenvalue weighted by Gasteiger charge is -2.16. The maximum absolute atomic E-state index is 11.3. The van der Waals surface area contributed by atoms with Crippen LogP contribution < -0.4 is 19.9 Å². The molecule has 0 saturated carbocycles. The smallest absolute Gasteiger partial charge is 0.238 e. The molecule has 0 fully saturated rings. The number of methoxy groups -OCH3 is 1. The molecule has 7 heteroatoms. The lowest BCUT2D eigenvalue weighted by Crippen LogP contribution is -2.17. The minimum absolute atomic E-state index is 0.121. The molecular weight excluding hydrogens is 400 g/mol. The second-order valence-electron chi connectivity index (χ2n) is 6.84. The van der Waals surface area contributed by atoms with Crippen molar-refractivity contribution >= 4 is 10.0 Å². The average Bonchev–Trinajstić information content (AvgIpc) is 2.76. The first kappa shape index (κ1) is 21.8. The summed E-state index contributed by atoms with van der Waals surface area (Å²) in [6.07, 6.45) is 0.759. The van der Waals surface area contributed by atoms with E-state index in [1.54, 1.807) is 19.2 Å². The molecule has 0 unspecified atom stereocenters. The summed E-state index contributed by atoms with van der Waals surface area (Å²) in [7, 11) is -2.03. The molecule has 3 aromatic rings. The summed E-state index contributed by atoms with van der Waals surface area (Å²) < 4.78 is 34.2. The van der Waals surface area contributed by atoms with Crippen LogP contribution in [0.2, 0.25) is 0 Å². The van der Waals surface area contributed by atoms with Crippen LogP contribution in [-0.4, -0.2) is 22.1 Å². The summed E-state index contributed by atoms with van der Waals surface area (Å²) in [5, 5.41) is 8.54. The third-order valence-electron chi connectivity index (χ3n) is 4.66. The number of sulfonamides is 1. The van der Waals surface area contributed by atoms with Crippen LogP contribution >= 0.6 is 0 Å². The predicted octanol–water partition coefficient (Wildman–Crippen LogP) is 3.25. The van der Waals surface area contributed by atoms with Gasteiger partial charge in [-0.05, 0) is 42.3 Å². The Morgan fingerprint density at radius 3 is 2.30 bits per heavy atom. The van der Waals surface area contributed by atoms with Gasteiger partial charge in [-0.25, -0.2) is 13.6 Å². The molecule has 0 aromatic heterocycles. The normalized spacial score (nSPS) is 11.3. The minimum atomic E-state index is -3.66. The Morgan fingerprint density at radius 2 is 1.63 bits per heavy atom. The molecule has 6 nitrogen and oxygen atoms in total. The summed E-state index contributed by atoms with van der Waals surface area (Å²) in [5.74, 6) is 1.43. The molecule has 0 saturated heterocycles. The van der Waals surface area contributed by atoms with Crippen LogP contribution in [0.1, 0.15) is 16.7 Å². The fourth-order valence-electron chi connectivity index (χ4n) is 3.06. The molecule has 0 bridgehead atoms. The van der Waals surface area contributed by atoms with Crippen LogP contribution in [0.5, 0.6) is 11.5 Å². The van der Waals surface area contributed by atoms with E-state index < -0.39 is 10.0 Å². The maximum atomic E-state index is 11.3. The number of ether oxygens (including phenoxy) is 2. The van der Waals surface area contributed by atoms with Crippen LogP contribution in [-0.2, 0) is 29.6 Å². The molecule has 3 N–H and O–H groups in total. The van der Waals surface area contributed by atoms with E-state index in [-0.39, 0.29) is 4.90 Å². The summed E-state index contributed by atoms with van der Waals surface area (Å²) in [5.41, 5.74) is 3.13. The lowest BCUT2D eigenvalue weighted by atomic mass is 10.1. The average molecular weight is 427 g/mol. The highest BCUT2D eigenvalue weighted by Crippen LogP contribution is 2.31. The Morgan fingerprint density at radius 1 is 0.900 bits per heavy atom. The van der Waals surface area contributed by atoms with Gasteiger partial charge in [0.2, 0.25) is 10.0 Å². The third kappa shape index (κ3) is 6.06. The topological polar surface area (TPSA) is 90.6 Å². The van der Waals surface area contributed by atoms with E-state index in [4.69, 9.17) is 14.6 Å². The largest absolute Gasteiger partial charge is 0.493 e. The Kier molecular flexibility index (Phi) is 7.46. The number of rotatable bonds is 10. The van der Waals surface area contributed by atoms with Crippen LogP contribution in [0.3, 0.4) is 0 Å². The summed E-state index contributed by atoms with van der Waals surface area (Å²) >= 11 is 0. The first-order chi connectivity index (χ1) is 14.5. The molecule has 3 aromatic carbocycles. The predicted molar refractivity (Wildman–Crippen MR) is 117 cm³/mol. The van der Waals surface area contributed by atoms with E-state index in [0.717, 1.165) is 35.4 Å². The van der Waals surface area contributed by atoms with Crippen LogP contribution in [0.4, 0.5) is 0 Å². The van der Waals surface area contributed by atoms with Gasteiger partial charge in [-0.2, -0.15) is 0 Å². The fraction of sp³-hybridized carbons (Fsp3) is 0.217. The highest BCUT2D eigenvalue weighted by molar-refractivity contribution is 7.89. The van der Waals surface area contributed by atoms with Gasteiger partial charge in [-0.3, -0.25) is 0 Å². The molecule has 0 aliphatic heterocycles. The molecule has 3 rings (SSSR count). The molecule has 0 radical (unpaired) electrons. The first-order valence-corrected chi connectivity index (χ1v) is 11.2. The third-order valence-corrected chi connectivity index (χ3v) is 5.59. The van der Waals surface area contributed by atoms with Gasteiger partial charge in [-0.15, -0.1) is 0 Å².